The minimum Gasteiger partial charge on any atom is -0.466 e. The molecule has 0 saturated carbocycles. The number of aliphatic hydroxyl groups is 1. The van der Waals surface area contributed by atoms with Crippen molar-refractivity contribution in [2.24, 2.45) is 0 Å². The van der Waals surface area contributed by atoms with Gasteiger partial charge in [0.05, 0.1) is 12.2 Å². The van der Waals surface area contributed by atoms with Crippen molar-refractivity contribution in [2.45, 2.75) is 6.61 Å². The fourth-order valence-corrected chi connectivity index (χ4v) is 1.67. The van der Waals surface area contributed by atoms with Gasteiger partial charge in [0.25, 0.3) is 0 Å². The highest BCUT2D eigenvalue weighted by Gasteiger charge is 2.00. The number of aliphatic hydroxyl groups excluding tert-OH is 1. The van der Waals surface area contributed by atoms with Gasteiger partial charge in [-0.15, -0.1) is 0 Å². The van der Waals surface area contributed by atoms with Gasteiger partial charge in [-0.1, -0.05) is 54.3 Å². The summed E-state index contributed by atoms with van der Waals surface area (Å²) < 4.78 is 11.0. The predicted molar refractivity (Wildman–Crippen MR) is 77.1 cm³/mol. The zero-order chi connectivity index (χ0) is 14.0. The largest absolute Gasteiger partial charge is 0.466 e. The number of hydrogen-bond acceptors (Lipinski definition) is 3. The summed E-state index contributed by atoms with van der Waals surface area (Å²) >= 11 is 0. The molecule has 3 heteroatoms. The first-order chi connectivity index (χ1) is 9.90. The van der Waals surface area contributed by atoms with Gasteiger partial charge in [0.1, 0.15) is 12.4 Å². The molecular formula is C17H16O3. The molecule has 0 heterocycles. The van der Waals surface area contributed by atoms with Crippen LogP contribution in [0.3, 0.4) is 0 Å². The molecule has 102 valence electrons. The van der Waals surface area contributed by atoms with Crippen LogP contribution in [0.4, 0.5) is 0 Å². The van der Waals surface area contributed by atoms with Crippen molar-refractivity contribution >= 4 is 0 Å². The van der Waals surface area contributed by atoms with Crippen LogP contribution in [-0.2, 0) is 11.3 Å². The normalized spacial score (nSPS) is 9.65. The Balaban J connectivity index is 1.85. The second-order valence-corrected chi connectivity index (χ2v) is 4.05. The van der Waals surface area contributed by atoms with Gasteiger partial charge in [-0.2, -0.15) is 0 Å². The molecule has 0 bridgehead atoms. The van der Waals surface area contributed by atoms with Gasteiger partial charge in [0.2, 0.25) is 0 Å². The summed E-state index contributed by atoms with van der Waals surface area (Å²) in [6, 6.07) is 17.3. The van der Waals surface area contributed by atoms with Crippen LogP contribution in [-0.4, -0.2) is 18.5 Å². The molecule has 2 aromatic rings. The Labute approximate surface area is 118 Å². The first-order valence-electron chi connectivity index (χ1n) is 6.33. The third-order valence-corrected chi connectivity index (χ3v) is 2.60. The fraction of sp³-hybridized carbons (Fsp3) is 0.176. The standard InChI is InChI=1S/C17H16O3/c18-12-6-10-16-9-4-5-11-17(16)20-14-19-13-15-7-2-1-3-8-15/h1-5,7-9,11,18H,12-14H2. The number of hydrogen-bond donors (Lipinski definition) is 1. The first kappa shape index (κ1) is 14.1. The maximum absolute atomic E-state index is 8.72. The monoisotopic (exact) mass is 268 g/mol. The molecule has 0 amide bonds. The fourth-order valence-electron chi connectivity index (χ4n) is 1.67. The maximum Gasteiger partial charge on any atom is 0.189 e. The second-order valence-electron chi connectivity index (χ2n) is 4.05. The quantitative estimate of drug-likeness (QED) is 0.514. The van der Waals surface area contributed by atoms with E-state index in [2.05, 4.69) is 11.8 Å². The highest BCUT2D eigenvalue weighted by molar-refractivity contribution is 5.45. The van der Waals surface area contributed by atoms with E-state index in [1.54, 1.807) is 0 Å². The molecule has 20 heavy (non-hydrogen) atoms. The highest BCUT2D eigenvalue weighted by Crippen LogP contribution is 2.16. The van der Waals surface area contributed by atoms with Gasteiger partial charge in [-0.3, -0.25) is 0 Å². The molecule has 0 atom stereocenters. The Morgan fingerprint density at radius 3 is 2.50 bits per heavy atom. The van der Waals surface area contributed by atoms with Crippen LogP contribution in [0.5, 0.6) is 5.75 Å². The Morgan fingerprint density at radius 1 is 0.950 bits per heavy atom. The molecule has 0 unspecified atom stereocenters. The Morgan fingerprint density at radius 2 is 1.70 bits per heavy atom. The van der Waals surface area contributed by atoms with Gasteiger partial charge in [0.15, 0.2) is 6.79 Å². The van der Waals surface area contributed by atoms with Crippen molar-refractivity contribution in [2.75, 3.05) is 13.4 Å². The van der Waals surface area contributed by atoms with Crippen molar-refractivity contribution in [1.29, 1.82) is 0 Å². The summed E-state index contributed by atoms with van der Waals surface area (Å²) in [6.07, 6.45) is 0. The van der Waals surface area contributed by atoms with E-state index in [4.69, 9.17) is 14.6 Å². The molecule has 0 saturated heterocycles. The van der Waals surface area contributed by atoms with Gasteiger partial charge in [-0.05, 0) is 17.7 Å². The average Bonchev–Trinajstić information content (AvgIpc) is 2.51. The van der Waals surface area contributed by atoms with Gasteiger partial charge >= 0.3 is 0 Å². The molecule has 0 spiro atoms. The van der Waals surface area contributed by atoms with E-state index in [1.165, 1.54) is 0 Å². The van der Waals surface area contributed by atoms with Crippen LogP contribution in [0.1, 0.15) is 11.1 Å². The van der Waals surface area contributed by atoms with Crippen LogP contribution in [0.25, 0.3) is 0 Å². The summed E-state index contributed by atoms with van der Waals surface area (Å²) in [5.41, 5.74) is 1.84. The van der Waals surface area contributed by atoms with Gasteiger partial charge in [-0.25, -0.2) is 0 Å². The average molecular weight is 268 g/mol. The lowest BCUT2D eigenvalue weighted by atomic mass is 10.2. The summed E-state index contributed by atoms with van der Waals surface area (Å²) in [6.45, 7) is 0.497. The highest BCUT2D eigenvalue weighted by atomic mass is 16.7. The zero-order valence-electron chi connectivity index (χ0n) is 11.1. The van der Waals surface area contributed by atoms with Crippen LogP contribution in [0.2, 0.25) is 0 Å². The Bertz CT molecular complexity index is 582. The number of ether oxygens (including phenoxy) is 2. The molecule has 2 aromatic carbocycles. The zero-order valence-corrected chi connectivity index (χ0v) is 11.1. The van der Waals surface area contributed by atoms with Gasteiger partial charge < -0.3 is 14.6 Å². The van der Waals surface area contributed by atoms with Crippen LogP contribution >= 0.6 is 0 Å². The third-order valence-electron chi connectivity index (χ3n) is 2.60. The molecule has 0 aliphatic carbocycles. The van der Waals surface area contributed by atoms with E-state index >= 15 is 0 Å². The lowest BCUT2D eigenvalue weighted by Gasteiger charge is -2.08. The minimum absolute atomic E-state index is 0.159. The topological polar surface area (TPSA) is 38.7 Å². The molecule has 0 aliphatic rings. The smallest absolute Gasteiger partial charge is 0.189 e. The lowest BCUT2D eigenvalue weighted by Crippen LogP contribution is -2.04. The van der Waals surface area contributed by atoms with Crippen LogP contribution in [0, 0.1) is 11.8 Å². The summed E-state index contributed by atoms with van der Waals surface area (Å²) in [5.74, 6) is 6.10. The van der Waals surface area contributed by atoms with Crippen molar-refractivity contribution in [1.82, 2.24) is 0 Å². The Hall–Kier alpha value is -2.28. The maximum atomic E-state index is 8.72. The molecule has 0 aliphatic heterocycles. The molecule has 0 aromatic heterocycles. The van der Waals surface area contributed by atoms with Gasteiger partial charge in [0, 0.05) is 0 Å². The SMILES string of the molecule is OCC#Cc1ccccc1OCOCc1ccccc1. The lowest BCUT2D eigenvalue weighted by molar-refractivity contribution is 0.00490. The molecule has 0 radical (unpaired) electrons. The van der Waals surface area contributed by atoms with E-state index < -0.39 is 0 Å². The van der Waals surface area contributed by atoms with Crippen molar-refractivity contribution < 1.29 is 14.6 Å². The van der Waals surface area contributed by atoms with E-state index in [1.807, 2.05) is 54.6 Å². The van der Waals surface area contributed by atoms with E-state index in [0.717, 1.165) is 11.1 Å². The van der Waals surface area contributed by atoms with E-state index in [-0.39, 0.29) is 13.4 Å². The molecule has 0 fully saturated rings. The van der Waals surface area contributed by atoms with E-state index in [0.29, 0.717) is 12.4 Å². The first-order valence-corrected chi connectivity index (χ1v) is 6.33. The molecule has 3 nitrogen and oxygen atoms in total. The summed E-state index contributed by atoms with van der Waals surface area (Å²) in [7, 11) is 0. The number of para-hydroxylation sites is 1. The summed E-state index contributed by atoms with van der Waals surface area (Å²) in [5, 5.41) is 8.72. The number of benzene rings is 2. The third kappa shape index (κ3) is 4.43. The minimum atomic E-state index is -0.168. The molecule has 2 rings (SSSR count). The van der Waals surface area contributed by atoms with Crippen molar-refractivity contribution in [3.8, 4) is 17.6 Å². The van der Waals surface area contributed by atoms with E-state index in [9.17, 15) is 0 Å². The molecule has 1 N–H and O–H groups in total. The van der Waals surface area contributed by atoms with Crippen molar-refractivity contribution in [3.05, 3.63) is 65.7 Å². The predicted octanol–water partition coefficient (Wildman–Crippen LogP) is 2.58. The van der Waals surface area contributed by atoms with Crippen molar-refractivity contribution in [3.63, 3.8) is 0 Å². The Kier molecular flexibility index (Phi) is 5.66. The summed E-state index contributed by atoms with van der Waals surface area (Å²) in [4.78, 5) is 0. The van der Waals surface area contributed by atoms with Crippen LogP contribution < -0.4 is 4.74 Å². The van der Waals surface area contributed by atoms with Crippen LogP contribution in [0.15, 0.2) is 54.6 Å². The molecular weight excluding hydrogens is 252 g/mol. The second kappa shape index (κ2) is 8.00. The number of rotatable bonds is 5.